The molecule has 0 aliphatic heterocycles. The van der Waals surface area contributed by atoms with Crippen molar-refractivity contribution in [2.75, 3.05) is 13.2 Å². The molecule has 1 amide bonds. The normalized spacial score (nSPS) is 11.8. The summed E-state index contributed by atoms with van der Waals surface area (Å²) < 4.78 is 5.08. The van der Waals surface area contributed by atoms with Gasteiger partial charge in [-0.05, 0) is 48.1 Å². The average molecular weight is 414 g/mol. The lowest BCUT2D eigenvalue weighted by Crippen LogP contribution is -2.32. The number of aryl methyl sites for hydroxylation is 1. The maximum atomic E-state index is 12.0. The molecule has 1 unspecified atom stereocenters. The lowest BCUT2D eigenvalue weighted by Gasteiger charge is -2.19. The predicted molar refractivity (Wildman–Crippen MR) is 106 cm³/mol. The molecule has 0 saturated heterocycles. The molecule has 1 N–H and O–H groups in total. The Labute approximate surface area is 167 Å². The second-order valence-electron chi connectivity index (χ2n) is 5.96. The number of esters is 1. The van der Waals surface area contributed by atoms with E-state index in [0.29, 0.717) is 21.5 Å². The van der Waals surface area contributed by atoms with Crippen LogP contribution >= 0.6 is 34.5 Å². The summed E-state index contributed by atoms with van der Waals surface area (Å²) in [5.74, 6) is -0.735. The molecule has 0 aliphatic carbocycles. The first-order valence-electron chi connectivity index (χ1n) is 8.35. The summed E-state index contributed by atoms with van der Waals surface area (Å²) in [6.45, 7) is 4.02. The molecule has 1 aromatic heterocycles. The Morgan fingerprint density at radius 2 is 2.04 bits per heavy atom. The Balaban J connectivity index is 1.89. The summed E-state index contributed by atoms with van der Waals surface area (Å²) in [4.78, 5) is 24.5. The second-order valence-corrected chi connectivity index (χ2v) is 7.72. The van der Waals surface area contributed by atoms with Crippen LogP contribution in [0.25, 0.3) is 0 Å². The predicted octanol–water partition coefficient (Wildman–Crippen LogP) is 5.22. The van der Waals surface area contributed by atoms with Crippen LogP contribution in [-0.2, 0) is 9.53 Å². The number of rotatable bonds is 8. The van der Waals surface area contributed by atoms with Gasteiger partial charge in [0.05, 0.1) is 0 Å². The van der Waals surface area contributed by atoms with Crippen molar-refractivity contribution in [3.05, 3.63) is 55.7 Å². The van der Waals surface area contributed by atoms with Gasteiger partial charge in [0.15, 0.2) is 6.61 Å². The van der Waals surface area contributed by atoms with Gasteiger partial charge in [-0.2, -0.15) is 0 Å². The highest BCUT2D eigenvalue weighted by molar-refractivity contribution is 7.12. The number of benzene rings is 1. The lowest BCUT2D eigenvalue weighted by molar-refractivity contribution is -0.124. The molecule has 7 heteroatoms. The minimum atomic E-state index is -0.474. The fraction of sp³-hybridized carbons (Fsp3) is 0.368. The molecule has 0 bridgehead atoms. The molecule has 0 fully saturated rings. The molecule has 1 aromatic carbocycles. The van der Waals surface area contributed by atoms with E-state index < -0.39 is 5.97 Å². The smallest absolute Gasteiger partial charge is 0.349 e. The Hall–Kier alpha value is -1.56. The summed E-state index contributed by atoms with van der Waals surface area (Å²) in [6.07, 6.45) is 1.82. The molecule has 0 saturated carbocycles. The molecule has 26 heavy (non-hydrogen) atoms. The van der Waals surface area contributed by atoms with Gasteiger partial charge in [-0.1, -0.05) is 42.6 Å². The van der Waals surface area contributed by atoms with Crippen molar-refractivity contribution in [2.45, 2.75) is 32.6 Å². The summed E-state index contributed by atoms with van der Waals surface area (Å²) in [5.41, 5.74) is 1.80. The zero-order valence-electron chi connectivity index (χ0n) is 14.7. The number of carbonyl (C=O) groups is 2. The molecule has 0 spiro atoms. The molecule has 2 aromatic rings. The molecule has 0 aliphatic rings. The highest BCUT2D eigenvalue weighted by Crippen LogP contribution is 2.30. The fourth-order valence-electron chi connectivity index (χ4n) is 2.62. The van der Waals surface area contributed by atoms with Crippen LogP contribution in [0.1, 0.15) is 46.5 Å². The third kappa shape index (κ3) is 5.73. The van der Waals surface area contributed by atoms with Crippen LogP contribution in [0.2, 0.25) is 10.0 Å². The molecule has 4 nitrogen and oxygen atoms in total. The fourth-order valence-corrected chi connectivity index (χ4v) is 4.00. The van der Waals surface area contributed by atoms with E-state index in [0.717, 1.165) is 24.0 Å². The number of hydrogen-bond donors (Lipinski definition) is 1. The van der Waals surface area contributed by atoms with Gasteiger partial charge < -0.3 is 10.1 Å². The van der Waals surface area contributed by atoms with Gasteiger partial charge in [0.2, 0.25) is 0 Å². The van der Waals surface area contributed by atoms with E-state index in [1.165, 1.54) is 11.3 Å². The highest BCUT2D eigenvalue weighted by atomic mass is 35.5. The number of halogens is 2. The van der Waals surface area contributed by atoms with E-state index >= 15 is 0 Å². The van der Waals surface area contributed by atoms with Crippen molar-refractivity contribution < 1.29 is 14.3 Å². The third-order valence-corrected chi connectivity index (χ3v) is 5.53. The first-order chi connectivity index (χ1) is 12.4. The van der Waals surface area contributed by atoms with Crippen molar-refractivity contribution >= 4 is 46.4 Å². The third-order valence-electron chi connectivity index (χ3n) is 3.97. The van der Waals surface area contributed by atoms with E-state index in [1.807, 2.05) is 24.4 Å². The second kappa shape index (κ2) is 9.95. The van der Waals surface area contributed by atoms with Gasteiger partial charge in [0.25, 0.3) is 5.91 Å². The summed E-state index contributed by atoms with van der Waals surface area (Å²) in [7, 11) is 0. The van der Waals surface area contributed by atoms with Crippen molar-refractivity contribution in [3.8, 4) is 0 Å². The number of amides is 1. The van der Waals surface area contributed by atoms with E-state index in [1.54, 1.807) is 12.1 Å². The summed E-state index contributed by atoms with van der Waals surface area (Å²) >= 11 is 13.5. The number of thiophene rings is 1. The highest BCUT2D eigenvalue weighted by Gasteiger charge is 2.17. The van der Waals surface area contributed by atoms with Crippen LogP contribution in [0.15, 0.2) is 29.6 Å². The summed E-state index contributed by atoms with van der Waals surface area (Å²) in [6, 6.07) is 7.22. The van der Waals surface area contributed by atoms with Crippen molar-refractivity contribution in [2.24, 2.45) is 0 Å². The van der Waals surface area contributed by atoms with Crippen molar-refractivity contribution in [3.63, 3.8) is 0 Å². The van der Waals surface area contributed by atoms with Crippen LogP contribution in [0.3, 0.4) is 0 Å². The van der Waals surface area contributed by atoms with E-state index in [9.17, 15) is 9.59 Å². The topological polar surface area (TPSA) is 55.4 Å². The van der Waals surface area contributed by atoms with Gasteiger partial charge in [0.1, 0.15) is 4.88 Å². The molecular formula is C19H21Cl2NO3S. The number of ether oxygens (including phenoxy) is 1. The van der Waals surface area contributed by atoms with Gasteiger partial charge in [0, 0.05) is 22.5 Å². The van der Waals surface area contributed by atoms with Crippen LogP contribution in [0, 0.1) is 6.92 Å². The van der Waals surface area contributed by atoms with Gasteiger partial charge in [-0.15, -0.1) is 11.3 Å². The van der Waals surface area contributed by atoms with Crippen molar-refractivity contribution in [1.29, 1.82) is 0 Å². The average Bonchev–Trinajstić information content (AvgIpc) is 3.03. The Bertz CT molecular complexity index is 776. The maximum Gasteiger partial charge on any atom is 0.349 e. The molecular weight excluding hydrogens is 393 g/mol. The molecule has 1 heterocycles. The molecule has 2 rings (SSSR count). The van der Waals surface area contributed by atoms with Crippen molar-refractivity contribution in [1.82, 2.24) is 5.32 Å². The Morgan fingerprint density at radius 1 is 1.27 bits per heavy atom. The minimum absolute atomic E-state index is 0.0731. The van der Waals surface area contributed by atoms with Gasteiger partial charge >= 0.3 is 5.97 Å². The molecule has 140 valence electrons. The first kappa shape index (κ1) is 20.7. The standard InChI is InChI=1S/C19H21Cl2NO3S/c1-3-4-13(15-6-5-14(20)9-16(15)21)10-22-17(23)11-25-19(24)18-12(2)7-8-26-18/h5-9,13H,3-4,10-11H2,1-2H3,(H,22,23). The zero-order chi connectivity index (χ0) is 19.1. The number of carbonyl (C=O) groups excluding carboxylic acids is 2. The number of nitrogens with one attached hydrogen (secondary N) is 1. The quantitative estimate of drug-likeness (QED) is 0.603. The summed E-state index contributed by atoms with van der Waals surface area (Å²) in [5, 5.41) is 5.80. The number of hydrogen-bond acceptors (Lipinski definition) is 4. The lowest BCUT2D eigenvalue weighted by atomic mass is 9.94. The molecule has 1 atom stereocenters. The van der Waals surface area contributed by atoms with E-state index in [2.05, 4.69) is 12.2 Å². The monoisotopic (exact) mass is 413 g/mol. The first-order valence-corrected chi connectivity index (χ1v) is 9.98. The zero-order valence-corrected chi connectivity index (χ0v) is 17.0. The Kier molecular flexibility index (Phi) is 7.94. The van der Waals surface area contributed by atoms with Crippen LogP contribution in [-0.4, -0.2) is 25.0 Å². The maximum absolute atomic E-state index is 12.0. The largest absolute Gasteiger partial charge is 0.451 e. The van der Waals surface area contributed by atoms with Crippen LogP contribution < -0.4 is 5.32 Å². The van der Waals surface area contributed by atoms with E-state index in [-0.39, 0.29) is 18.4 Å². The minimum Gasteiger partial charge on any atom is -0.451 e. The SMILES string of the molecule is CCCC(CNC(=O)COC(=O)c1sccc1C)c1ccc(Cl)cc1Cl. The van der Waals surface area contributed by atoms with Gasteiger partial charge in [-0.25, -0.2) is 4.79 Å². The van der Waals surface area contributed by atoms with E-state index in [4.69, 9.17) is 27.9 Å². The van der Waals surface area contributed by atoms with Crippen LogP contribution in [0.5, 0.6) is 0 Å². The molecule has 0 radical (unpaired) electrons. The Morgan fingerprint density at radius 3 is 2.65 bits per heavy atom. The van der Waals surface area contributed by atoms with Crippen LogP contribution in [0.4, 0.5) is 0 Å². The van der Waals surface area contributed by atoms with Gasteiger partial charge in [-0.3, -0.25) is 4.79 Å².